The third-order valence-electron chi connectivity index (χ3n) is 5.09. The Kier molecular flexibility index (Phi) is 5.66. The number of hydrogen-bond donors (Lipinski definition) is 0. The Labute approximate surface area is 158 Å². The van der Waals surface area contributed by atoms with E-state index in [1.165, 1.54) is 5.56 Å². The molecule has 0 bridgehead atoms. The molecule has 1 aromatic carbocycles. The molecule has 0 N–H and O–H groups in total. The number of fused-ring (bicyclic) bond motifs is 1. The van der Waals surface area contributed by atoms with Crippen molar-refractivity contribution in [2.75, 3.05) is 6.61 Å². The number of carbonyl (C=O) groups excluding carboxylic acids is 1. The van der Waals surface area contributed by atoms with Crippen LogP contribution in [-0.2, 0) is 10.2 Å². The van der Waals surface area contributed by atoms with E-state index in [2.05, 4.69) is 32.5 Å². The number of benzene rings is 1. The van der Waals surface area contributed by atoms with Gasteiger partial charge in [-0.2, -0.15) is 0 Å². The minimum Gasteiger partial charge on any atom is -0.493 e. The van der Waals surface area contributed by atoms with Gasteiger partial charge in [-0.25, -0.2) is 4.85 Å². The molecule has 0 fully saturated rings. The first-order valence-electron chi connectivity index (χ1n) is 9.47. The first-order valence-corrected chi connectivity index (χ1v) is 9.47. The topological polar surface area (TPSA) is 30.7 Å². The van der Waals surface area contributed by atoms with Gasteiger partial charge in [0.15, 0.2) is 5.78 Å². The average molecular weight is 354 g/mol. The van der Waals surface area contributed by atoms with Crippen LogP contribution in [0, 0.1) is 18.9 Å². The molecule has 3 heteroatoms. The highest BCUT2D eigenvalue weighted by molar-refractivity contribution is 6.08. The maximum absolute atomic E-state index is 12.8. The van der Waals surface area contributed by atoms with E-state index >= 15 is 0 Å². The van der Waals surface area contributed by atoms with E-state index < -0.39 is 5.41 Å². The van der Waals surface area contributed by atoms with Gasteiger partial charge in [0, 0.05) is 5.41 Å². The summed E-state index contributed by atoms with van der Waals surface area (Å²) in [6.45, 7) is 22.6. The maximum Gasteiger partial charge on any atom is 0.233 e. The summed E-state index contributed by atoms with van der Waals surface area (Å²) in [7, 11) is 0. The van der Waals surface area contributed by atoms with Crippen molar-refractivity contribution >= 4 is 11.4 Å². The SMILES string of the molecule is [C-]#[N+]/C(C(=O)C(C)(C)C)=C1/CC(C)(C)c2c1ccc(OCCCC)c2C. The zero-order valence-electron chi connectivity index (χ0n) is 17.2. The molecule has 0 radical (unpaired) electrons. The number of unbranched alkanes of at least 4 members (excludes halogenated alkanes) is 1. The number of allylic oxidation sites excluding steroid dienone is 2. The molecular weight excluding hydrogens is 322 g/mol. The first-order chi connectivity index (χ1) is 12.0. The standard InChI is InChI=1S/C23H31NO2/c1-9-10-13-26-18-12-11-16-17(14-23(6,7)19(16)15(18)2)20(24-8)21(25)22(3,4)5/h11-12H,9-10,13-14H2,1-7H3/b20-17-. The predicted octanol–water partition coefficient (Wildman–Crippen LogP) is 6.10. The lowest BCUT2D eigenvalue weighted by atomic mass is 9.83. The summed E-state index contributed by atoms with van der Waals surface area (Å²) in [4.78, 5) is 16.5. The Hall–Kier alpha value is -2.08. The second-order valence-corrected chi connectivity index (χ2v) is 8.89. The van der Waals surface area contributed by atoms with Gasteiger partial charge in [-0.05, 0) is 53.5 Å². The summed E-state index contributed by atoms with van der Waals surface area (Å²) in [6, 6.07) is 4.03. The van der Waals surface area contributed by atoms with Gasteiger partial charge in [-0.1, -0.05) is 54.0 Å². The van der Waals surface area contributed by atoms with Gasteiger partial charge < -0.3 is 9.53 Å². The zero-order chi connectivity index (χ0) is 19.7. The molecular formula is C23H31NO2. The van der Waals surface area contributed by atoms with Crippen LogP contribution in [0.15, 0.2) is 17.8 Å². The number of ketones is 1. The number of rotatable bonds is 5. The van der Waals surface area contributed by atoms with Crippen molar-refractivity contribution in [2.45, 2.75) is 73.1 Å². The van der Waals surface area contributed by atoms with Gasteiger partial charge in [0.05, 0.1) is 13.2 Å². The summed E-state index contributed by atoms with van der Waals surface area (Å²) in [5.74, 6) is 0.838. The van der Waals surface area contributed by atoms with Crippen LogP contribution in [-0.4, -0.2) is 12.4 Å². The molecule has 0 saturated carbocycles. The van der Waals surface area contributed by atoms with Crippen LogP contribution in [0.4, 0.5) is 0 Å². The smallest absolute Gasteiger partial charge is 0.233 e. The fourth-order valence-corrected chi connectivity index (χ4v) is 3.75. The minimum absolute atomic E-state index is 0.0768. The lowest BCUT2D eigenvalue weighted by Crippen LogP contribution is -2.21. The summed E-state index contributed by atoms with van der Waals surface area (Å²) < 4.78 is 5.98. The molecule has 1 aliphatic rings. The van der Waals surface area contributed by atoms with Gasteiger partial charge >= 0.3 is 0 Å². The Bertz CT molecular complexity index is 786. The molecule has 3 nitrogen and oxygen atoms in total. The molecule has 0 aliphatic heterocycles. The van der Waals surface area contributed by atoms with Crippen molar-refractivity contribution in [1.82, 2.24) is 0 Å². The predicted molar refractivity (Wildman–Crippen MR) is 107 cm³/mol. The highest BCUT2D eigenvalue weighted by Gasteiger charge is 2.39. The zero-order valence-corrected chi connectivity index (χ0v) is 17.2. The number of nitrogens with zero attached hydrogens (tertiary/aromatic N) is 1. The molecule has 0 atom stereocenters. The number of Topliss-reactive ketones (excluding diaryl/α,β-unsaturated/α-hetero) is 1. The van der Waals surface area contributed by atoms with Crippen LogP contribution < -0.4 is 4.74 Å². The summed E-state index contributed by atoms with van der Waals surface area (Å²) in [6.07, 6.45) is 2.85. The molecule has 0 spiro atoms. The van der Waals surface area contributed by atoms with Gasteiger partial charge in [-0.3, -0.25) is 0 Å². The van der Waals surface area contributed by atoms with E-state index in [0.717, 1.165) is 41.9 Å². The van der Waals surface area contributed by atoms with E-state index in [9.17, 15) is 4.79 Å². The molecule has 0 heterocycles. The van der Waals surface area contributed by atoms with Gasteiger partial charge in [0.1, 0.15) is 5.75 Å². The lowest BCUT2D eigenvalue weighted by Gasteiger charge is -2.22. The van der Waals surface area contributed by atoms with Crippen molar-refractivity contribution in [1.29, 1.82) is 0 Å². The van der Waals surface area contributed by atoms with Gasteiger partial charge in [-0.15, -0.1) is 0 Å². The van der Waals surface area contributed by atoms with Crippen LogP contribution in [0.2, 0.25) is 0 Å². The van der Waals surface area contributed by atoms with E-state index in [0.29, 0.717) is 12.1 Å². The molecule has 140 valence electrons. The fraction of sp³-hybridized carbons (Fsp3) is 0.565. The van der Waals surface area contributed by atoms with E-state index in [-0.39, 0.29) is 11.2 Å². The van der Waals surface area contributed by atoms with Crippen LogP contribution in [0.3, 0.4) is 0 Å². The van der Waals surface area contributed by atoms with Gasteiger partial charge in [0.2, 0.25) is 5.70 Å². The number of hydrogen-bond acceptors (Lipinski definition) is 2. The molecule has 0 amide bonds. The molecule has 26 heavy (non-hydrogen) atoms. The molecule has 2 rings (SSSR count). The van der Waals surface area contributed by atoms with Crippen molar-refractivity contribution in [3.05, 3.63) is 45.9 Å². The Morgan fingerprint density at radius 2 is 1.96 bits per heavy atom. The Balaban J connectivity index is 2.60. The highest BCUT2D eigenvalue weighted by Crippen LogP contribution is 2.50. The molecule has 1 aromatic rings. The van der Waals surface area contributed by atoms with Crippen LogP contribution in [0.5, 0.6) is 5.75 Å². The van der Waals surface area contributed by atoms with E-state index in [1.807, 2.05) is 32.9 Å². The average Bonchev–Trinajstić information content (AvgIpc) is 2.81. The van der Waals surface area contributed by atoms with Crippen molar-refractivity contribution in [3.8, 4) is 5.75 Å². The third-order valence-corrected chi connectivity index (χ3v) is 5.09. The summed E-state index contributed by atoms with van der Waals surface area (Å²) in [5.41, 5.74) is 3.89. The van der Waals surface area contributed by atoms with E-state index in [1.54, 1.807) is 0 Å². The van der Waals surface area contributed by atoms with Crippen LogP contribution in [0.25, 0.3) is 10.4 Å². The summed E-state index contributed by atoms with van der Waals surface area (Å²) >= 11 is 0. The van der Waals surface area contributed by atoms with Crippen molar-refractivity contribution in [3.63, 3.8) is 0 Å². The van der Waals surface area contributed by atoms with Gasteiger partial charge in [0.25, 0.3) is 0 Å². The normalized spacial score (nSPS) is 17.5. The largest absolute Gasteiger partial charge is 0.493 e. The number of ether oxygens (including phenoxy) is 1. The molecule has 0 unspecified atom stereocenters. The summed E-state index contributed by atoms with van der Waals surface area (Å²) in [5, 5.41) is 0. The van der Waals surface area contributed by atoms with Crippen molar-refractivity contribution in [2.24, 2.45) is 5.41 Å². The maximum atomic E-state index is 12.8. The monoisotopic (exact) mass is 353 g/mol. The lowest BCUT2D eigenvalue weighted by molar-refractivity contribution is -0.122. The second-order valence-electron chi connectivity index (χ2n) is 8.89. The molecule has 1 aliphatic carbocycles. The third kappa shape index (κ3) is 3.70. The molecule has 0 aromatic heterocycles. The fourth-order valence-electron chi connectivity index (χ4n) is 3.75. The Morgan fingerprint density at radius 1 is 1.31 bits per heavy atom. The van der Waals surface area contributed by atoms with Crippen LogP contribution >= 0.6 is 0 Å². The minimum atomic E-state index is -0.558. The van der Waals surface area contributed by atoms with E-state index in [4.69, 9.17) is 11.3 Å². The Morgan fingerprint density at radius 3 is 2.50 bits per heavy atom. The van der Waals surface area contributed by atoms with Crippen LogP contribution in [0.1, 0.15) is 77.5 Å². The second kappa shape index (κ2) is 7.27. The quantitative estimate of drug-likeness (QED) is 0.364. The highest BCUT2D eigenvalue weighted by atomic mass is 16.5. The first kappa shape index (κ1) is 20.2. The molecule has 0 saturated heterocycles. The van der Waals surface area contributed by atoms with Crippen molar-refractivity contribution < 1.29 is 9.53 Å². The number of carbonyl (C=O) groups is 1.